The van der Waals surface area contributed by atoms with Gasteiger partial charge in [0.1, 0.15) is 5.76 Å². The van der Waals surface area contributed by atoms with Gasteiger partial charge in [-0.2, -0.15) is 0 Å². The lowest BCUT2D eigenvalue weighted by molar-refractivity contribution is 0.0544. The van der Waals surface area contributed by atoms with E-state index in [4.69, 9.17) is 4.42 Å². The predicted octanol–water partition coefficient (Wildman–Crippen LogP) is 2.83. The molecule has 0 bridgehead atoms. The highest BCUT2D eigenvalue weighted by Gasteiger charge is 2.30. The van der Waals surface area contributed by atoms with E-state index in [9.17, 15) is 9.90 Å². The van der Waals surface area contributed by atoms with Crippen molar-refractivity contribution in [3.05, 3.63) is 53.5 Å². The second-order valence-corrected chi connectivity index (χ2v) is 7.09. The summed E-state index contributed by atoms with van der Waals surface area (Å²) in [6, 6.07) is 10.6. The minimum absolute atomic E-state index is 0.00999. The Bertz CT molecular complexity index is 762. The topological polar surface area (TPSA) is 56.9 Å². The maximum Gasteiger partial charge on any atom is 0.257 e. The van der Waals surface area contributed by atoms with E-state index in [2.05, 4.69) is 36.1 Å². The zero-order valence-corrected chi connectivity index (χ0v) is 14.5. The van der Waals surface area contributed by atoms with Crippen LogP contribution in [0.2, 0.25) is 0 Å². The van der Waals surface area contributed by atoms with Crippen molar-refractivity contribution in [1.29, 1.82) is 0 Å². The number of aliphatic hydroxyl groups is 1. The third-order valence-corrected chi connectivity index (χ3v) is 5.39. The molecule has 0 saturated carbocycles. The van der Waals surface area contributed by atoms with Gasteiger partial charge in [0.25, 0.3) is 5.91 Å². The molecule has 2 aliphatic heterocycles. The van der Waals surface area contributed by atoms with Crippen LogP contribution in [0.1, 0.15) is 41.4 Å². The Morgan fingerprint density at radius 2 is 2.00 bits per heavy atom. The number of aliphatic hydroxyl groups excluding tert-OH is 1. The standard InChI is InChI=1S/C20H24N2O3/c1-14-12-15-4-2-3-5-18(15)22(14)13-19-17(8-11-25-19)20(24)21-9-6-16(23)7-10-21/h2-5,8,11,14,16,23H,6-7,9-10,12-13H2,1H3. The van der Waals surface area contributed by atoms with E-state index in [0.717, 1.165) is 12.2 Å². The number of furan rings is 1. The lowest BCUT2D eigenvalue weighted by Crippen LogP contribution is -2.40. The molecule has 2 aliphatic rings. The van der Waals surface area contributed by atoms with Gasteiger partial charge >= 0.3 is 0 Å². The minimum Gasteiger partial charge on any atom is -0.467 e. The molecule has 25 heavy (non-hydrogen) atoms. The van der Waals surface area contributed by atoms with Gasteiger partial charge in [0.15, 0.2) is 0 Å². The Hall–Kier alpha value is -2.27. The van der Waals surface area contributed by atoms with Gasteiger partial charge in [0.05, 0.1) is 24.5 Å². The van der Waals surface area contributed by atoms with Crippen LogP contribution >= 0.6 is 0 Å². The first kappa shape index (κ1) is 16.2. The highest BCUT2D eigenvalue weighted by atomic mass is 16.3. The van der Waals surface area contributed by atoms with Crippen molar-refractivity contribution < 1.29 is 14.3 Å². The molecule has 132 valence electrons. The van der Waals surface area contributed by atoms with Crippen molar-refractivity contribution in [1.82, 2.24) is 4.90 Å². The summed E-state index contributed by atoms with van der Waals surface area (Å²) >= 11 is 0. The van der Waals surface area contributed by atoms with Crippen molar-refractivity contribution in [2.24, 2.45) is 0 Å². The molecule has 0 radical (unpaired) electrons. The molecule has 1 N–H and O–H groups in total. The summed E-state index contributed by atoms with van der Waals surface area (Å²) in [5, 5.41) is 9.64. The normalized spacial score (nSPS) is 20.8. The number of fused-ring (bicyclic) bond motifs is 1. The van der Waals surface area contributed by atoms with Crippen LogP contribution in [0.15, 0.2) is 41.0 Å². The molecule has 1 atom stereocenters. The van der Waals surface area contributed by atoms with Crippen molar-refractivity contribution in [2.45, 2.75) is 44.9 Å². The summed E-state index contributed by atoms with van der Waals surface area (Å²) in [5.74, 6) is 0.732. The molecule has 4 rings (SSSR count). The molecule has 1 amide bonds. The number of rotatable bonds is 3. The van der Waals surface area contributed by atoms with Gasteiger partial charge in [-0.15, -0.1) is 0 Å². The lowest BCUT2D eigenvalue weighted by Gasteiger charge is -2.30. The number of amides is 1. The fourth-order valence-corrected chi connectivity index (χ4v) is 3.92. The molecule has 3 heterocycles. The Morgan fingerprint density at radius 1 is 1.24 bits per heavy atom. The molecule has 5 nitrogen and oxygen atoms in total. The van der Waals surface area contributed by atoms with Crippen molar-refractivity contribution in [3.8, 4) is 0 Å². The number of carbonyl (C=O) groups is 1. The average Bonchev–Trinajstić information content (AvgIpc) is 3.20. The number of carbonyl (C=O) groups excluding carboxylic acids is 1. The van der Waals surface area contributed by atoms with Crippen molar-refractivity contribution in [2.75, 3.05) is 18.0 Å². The van der Waals surface area contributed by atoms with Crippen LogP contribution < -0.4 is 4.90 Å². The van der Waals surface area contributed by atoms with Gasteiger partial charge in [-0.1, -0.05) is 18.2 Å². The second kappa shape index (κ2) is 6.56. The number of hydrogen-bond donors (Lipinski definition) is 1. The van der Waals surface area contributed by atoms with Crippen LogP contribution in [-0.4, -0.2) is 41.1 Å². The van der Waals surface area contributed by atoms with E-state index in [-0.39, 0.29) is 12.0 Å². The Balaban J connectivity index is 1.53. The fourth-order valence-electron chi connectivity index (χ4n) is 3.92. The van der Waals surface area contributed by atoms with E-state index >= 15 is 0 Å². The van der Waals surface area contributed by atoms with E-state index in [1.54, 1.807) is 12.3 Å². The van der Waals surface area contributed by atoms with Crippen LogP contribution in [0, 0.1) is 0 Å². The maximum absolute atomic E-state index is 12.9. The number of anilines is 1. The highest BCUT2D eigenvalue weighted by molar-refractivity contribution is 5.95. The number of nitrogens with zero attached hydrogens (tertiary/aromatic N) is 2. The predicted molar refractivity (Wildman–Crippen MR) is 95.6 cm³/mol. The van der Waals surface area contributed by atoms with Crippen LogP contribution in [0.5, 0.6) is 0 Å². The summed E-state index contributed by atoms with van der Waals surface area (Å²) in [4.78, 5) is 17.0. The van der Waals surface area contributed by atoms with Gasteiger partial charge in [0.2, 0.25) is 0 Å². The molecule has 1 saturated heterocycles. The van der Waals surface area contributed by atoms with E-state index in [0.29, 0.717) is 44.1 Å². The number of piperidine rings is 1. The number of para-hydroxylation sites is 1. The number of likely N-dealkylation sites (tertiary alicyclic amines) is 1. The molecule has 2 aromatic rings. The second-order valence-electron chi connectivity index (χ2n) is 7.09. The number of benzene rings is 1. The fraction of sp³-hybridized carbons (Fsp3) is 0.450. The van der Waals surface area contributed by atoms with Gasteiger partial charge < -0.3 is 19.3 Å². The zero-order valence-electron chi connectivity index (χ0n) is 14.5. The zero-order chi connectivity index (χ0) is 17.4. The third-order valence-electron chi connectivity index (χ3n) is 5.39. The van der Waals surface area contributed by atoms with Gasteiger partial charge in [-0.25, -0.2) is 0 Å². The molecule has 1 fully saturated rings. The monoisotopic (exact) mass is 340 g/mol. The van der Waals surface area contributed by atoms with E-state index in [1.807, 2.05) is 4.90 Å². The molecule has 1 unspecified atom stereocenters. The molecular formula is C20H24N2O3. The molecule has 0 spiro atoms. The molecule has 1 aromatic heterocycles. The Morgan fingerprint density at radius 3 is 2.80 bits per heavy atom. The highest BCUT2D eigenvalue weighted by Crippen LogP contribution is 2.33. The lowest BCUT2D eigenvalue weighted by atomic mass is 10.1. The summed E-state index contributed by atoms with van der Waals surface area (Å²) in [5.41, 5.74) is 3.22. The first-order chi connectivity index (χ1) is 12.1. The average molecular weight is 340 g/mol. The van der Waals surface area contributed by atoms with Crippen LogP contribution in [0.4, 0.5) is 5.69 Å². The quantitative estimate of drug-likeness (QED) is 0.933. The molecular weight excluding hydrogens is 316 g/mol. The van der Waals surface area contributed by atoms with Crippen LogP contribution in [0.25, 0.3) is 0 Å². The summed E-state index contributed by atoms with van der Waals surface area (Å²) in [7, 11) is 0. The number of hydrogen-bond acceptors (Lipinski definition) is 4. The van der Waals surface area contributed by atoms with E-state index in [1.165, 1.54) is 11.3 Å². The summed E-state index contributed by atoms with van der Waals surface area (Å²) in [6.45, 7) is 4.01. The minimum atomic E-state index is -0.283. The van der Waals surface area contributed by atoms with Gasteiger partial charge in [-0.05, 0) is 43.9 Å². The summed E-state index contributed by atoms with van der Waals surface area (Å²) in [6.07, 6.45) is 3.64. The van der Waals surface area contributed by atoms with Gasteiger partial charge in [-0.3, -0.25) is 4.79 Å². The Labute approximate surface area is 147 Å². The molecule has 1 aromatic carbocycles. The van der Waals surface area contributed by atoms with Gasteiger partial charge in [0, 0.05) is 24.8 Å². The maximum atomic E-state index is 12.9. The SMILES string of the molecule is CC1Cc2ccccc2N1Cc1occc1C(=O)N1CCC(O)CC1. The Kier molecular flexibility index (Phi) is 4.25. The molecule has 0 aliphatic carbocycles. The van der Waals surface area contributed by atoms with Crippen molar-refractivity contribution in [3.63, 3.8) is 0 Å². The largest absolute Gasteiger partial charge is 0.467 e. The summed E-state index contributed by atoms with van der Waals surface area (Å²) < 4.78 is 5.68. The van der Waals surface area contributed by atoms with Crippen LogP contribution in [-0.2, 0) is 13.0 Å². The first-order valence-corrected chi connectivity index (χ1v) is 9.01. The van der Waals surface area contributed by atoms with Crippen LogP contribution in [0.3, 0.4) is 0 Å². The first-order valence-electron chi connectivity index (χ1n) is 9.01. The van der Waals surface area contributed by atoms with E-state index < -0.39 is 0 Å². The van der Waals surface area contributed by atoms with Crippen molar-refractivity contribution >= 4 is 11.6 Å². The third kappa shape index (κ3) is 3.04. The smallest absolute Gasteiger partial charge is 0.257 e. The molecule has 5 heteroatoms.